The summed E-state index contributed by atoms with van der Waals surface area (Å²) in [5.41, 5.74) is 1.83. The lowest BCUT2D eigenvalue weighted by molar-refractivity contribution is 0.0959. The highest BCUT2D eigenvalue weighted by Crippen LogP contribution is 2.41. The number of fused-ring (bicyclic) bond motifs is 4. The van der Waals surface area contributed by atoms with Gasteiger partial charge in [-0.3, -0.25) is 0 Å². The molecule has 1 fully saturated rings. The van der Waals surface area contributed by atoms with E-state index >= 15 is 0 Å². The first-order chi connectivity index (χ1) is 11.4. The van der Waals surface area contributed by atoms with Gasteiger partial charge < -0.3 is 24.4 Å². The molecule has 1 atom stereocenters. The highest BCUT2D eigenvalue weighted by molar-refractivity contribution is 5.75. The lowest BCUT2D eigenvalue weighted by atomic mass is 10.1. The van der Waals surface area contributed by atoms with Crippen LogP contribution in [0, 0.1) is 0 Å². The van der Waals surface area contributed by atoms with Gasteiger partial charge in [0.2, 0.25) is 6.79 Å². The van der Waals surface area contributed by atoms with Crippen molar-refractivity contribution in [3.63, 3.8) is 0 Å². The minimum absolute atomic E-state index is 0.240. The molecule has 3 aliphatic rings. The zero-order chi connectivity index (χ0) is 15.2. The van der Waals surface area contributed by atoms with Gasteiger partial charge >= 0.3 is 0 Å². The summed E-state index contributed by atoms with van der Waals surface area (Å²) in [5.74, 6) is 3.05. The Bertz CT molecular complexity index is 767. The fourth-order valence-corrected chi connectivity index (χ4v) is 3.28. The van der Waals surface area contributed by atoms with E-state index in [0.29, 0.717) is 11.9 Å². The number of para-hydroxylation sites is 1. The smallest absolute Gasteiger partial charge is 0.231 e. The minimum Gasteiger partial charge on any atom is -0.454 e. The second-order valence-electron chi connectivity index (χ2n) is 5.77. The Kier molecular flexibility index (Phi) is 2.81. The molecule has 1 aromatic carbocycles. The van der Waals surface area contributed by atoms with Gasteiger partial charge in [-0.25, -0.2) is 9.97 Å². The second-order valence-corrected chi connectivity index (χ2v) is 5.77. The maximum absolute atomic E-state index is 5.58. The molecule has 2 aromatic rings. The summed E-state index contributed by atoms with van der Waals surface area (Å²) >= 11 is 0. The molecule has 7 heteroatoms. The van der Waals surface area contributed by atoms with Crippen LogP contribution in [0.25, 0.3) is 11.4 Å². The molecule has 1 unspecified atom stereocenters. The van der Waals surface area contributed by atoms with Crippen molar-refractivity contribution in [2.24, 2.45) is 0 Å². The standard InChI is InChI=1S/C16H16N4O3/c1-2-11(14-13(3-1)22-9-23-14)15-18-7-12-16(19-15)20-4-5-21-8-10(20)6-17-12/h1-3,7,10,17H,4-6,8-9H2. The van der Waals surface area contributed by atoms with Gasteiger partial charge in [-0.2, -0.15) is 0 Å². The van der Waals surface area contributed by atoms with Crippen LogP contribution in [0.15, 0.2) is 24.4 Å². The Morgan fingerprint density at radius 2 is 2.26 bits per heavy atom. The molecule has 118 valence electrons. The van der Waals surface area contributed by atoms with E-state index in [1.165, 1.54) is 0 Å². The number of nitrogens with zero attached hydrogens (tertiary/aromatic N) is 3. The van der Waals surface area contributed by atoms with Gasteiger partial charge in [0.25, 0.3) is 0 Å². The van der Waals surface area contributed by atoms with Gasteiger partial charge in [-0.05, 0) is 12.1 Å². The number of hydrogen-bond donors (Lipinski definition) is 1. The normalized spacial score (nSPS) is 21.4. The number of anilines is 2. The van der Waals surface area contributed by atoms with Crippen molar-refractivity contribution in [1.82, 2.24) is 9.97 Å². The predicted molar refractivity (Wildman–Crippen MR) is 84.0 cm³/mol. The zero-order valence-corrected chi connectivity index (χ0v) is 12.5. The van der Waals surface area contributed by atoms with Crippen molar-refractivity contribution in [1.29, 1.82) is 0 Å². The molecule has 0 amide bonds. The first-order valence-electron chi connectivity index (χ1n) is 7.74. The van der Waals surface area contributed by atoms with Crippen LogP contribution in [0.3, 0.4) is 0 Å². The van der Waals surface area contributed by atoms with E-state index in [9.17, 15) is 0 Å². The molecule has 0 saturated carbocycles. The van der Waals surface area contributed by atoms with Crippen molar-refractivity contribution < 1.29 is 14.2 Å². The Balaban J connectivity index is 1.60. The quantitative estimate of drug-likeness (QED) is 0.856. The molecule has 3 aliphatic heterocycles. The fraction of sp³-hybridized carbons (Fsp3) is 0.375. The van der Waals surface area contributed by atoms with Gasteiger partial charge in [0.15, 0.2) is 23.1 Å². The lowest BCUT2D eigenvalue weighted by Crippen LogP contribution is -2.52. The number of aromatic nitrogens is 2. The van der Waals surface area contributed by atoms with E-state index in [1.54, 1.807) is 0 Å². The average molecular weight is 312 g/mol. The summed E-state index contributed by atoms with van der Waals surface area (Å²) in [5, 5.41) is 3.39. The van der Waals surface area contributed by atoms with Crippen LogP contribution in [-0.2, 0) is 4.74 Å². The van der Waals surface area contributed by atoms with Crippen LogP contribution in [0.2, 0.25) is 0 Å². The number of nitrogens with one attached hydrogen (secondary N) is 1. The van der Waals surface area contributed by atoms with E-state index in [4.69, 9.17) is 19.2 Å². The fourth-order valence-electron chi connectivity index (χ4n) is 3.28. The molecule has 0 radical (unpaired) electrons. The number of hydrogen-bond acceptors (Lipinski definition) is 7. The summed E-state index contributed by atoms with van der Waals surface area (Å²) in [7, 11) is 0. The Labute approximate surface area is 133 Å². The second kappa shape index (κ2) is 4.99. The van der Waals surface area contributed by atoms with Gasteiger partial charge in [0, 0.05) is 13.1 Å². The molecule has 1 aromatic heterocycles. The molecule has 7 nitrogen and oxygen atoms in total. The summed E-state index contributed by atoms with van der Waals surface area (Å²) in [6.45, 7) is 3.40. The SMILES string of the molecule is c1cc2c(c(-c3ncc4c(n3)N3CCOCC3CN4)c1)OCO2. The van der Waals surface area contributed by atoms with Crippen molar-refractivity contribution in [2.75, 3.05) is 43.3 Å². The van der Waals surface area contributed by atoms with Crippen LogP contribution in [0.4, 0.5) is 11.5 Å². The van der Waals surface area contributed by atoms with Crippen LogP contribution in [-0.4, -0.2) is 49.1 Å². The summed E-state index contributed by atoms with van der Waals surface area (Å²) in [4.78, 5) is 11.6. The Morgan fingerprint density at radius 1 is 1.26 bits per heavy atom. The molecule has 0 bridgehead atoms. The number of ether oxygens (including phenoxy) is 3. The van der Waals surface area contributed by atoms with Crippen molar-refractivity contribution in [3.05, 3.63) is 24.4 Å². The Morgan fingerprint density at radius 3 is 3.26 bits per heavy atom. The van der Waals surface area contributed by atoms with Gasteiger partial charge in [0.05, 0.1) is 36.7 Å². The van der Waals surface area contributed by atoms with Gasteiger partial charge in [-0.15, -0.1) is 0 Å². The molecule has 5 rings (SSSR count). The van der Waals surface area contributed by atoms with E-state index in [2.05, 4.69) is 15.2 Å². The highest BCUT2D eigenvalue weighted by atomic mass is 16.7. The molecule has 0 spiro atoms. The third kappa shape index (κ3) is 2.00. The summed E-state index contributed by atoms with van der Waals surface area (Å²) in [6.07, 6.45) is 1.85. The van der Waals surface area contributed by atoms with Crippen molar-refractivity contribution in [3.8, 4) is 22.9 Å². The van der Waals surface area contributed by atoms with E-state index < -0.39 is 0 Å². The van der Waals surface area contributed by atoms with Crippen molar-refractivity contribution in [2.45, 2.75) is 6.04 Å². The number of benzene rings is 1. The van der Waals surface area contributed by atoms with Crippen LogP contribution >= 0.6 is 0 Å². The van der Waals surface area contributed by atoms with E-state index in [1.807, 2.05) is 24.4 Å². The van der Waals surface area contributed by atoms with Crippen LogP contribution in [0.5, 0.6) is 11.5 Å². The average Bonchev–Trinajstić information content (AvgIpc) is 3.10. The predicted octanol–water partition coefficient (Wildman–Crippen LogP) is 1.50. The maximum Gasteiger partial charge on any atom is 0.231 e. The van der Waals surface area contributed by atoms with Crippen molar-refractivity contribution >= 4 is 11.5 Å². The largest absolute Gasteiger partial charge is 0.454 e. The number of morpholine rings is 1. The summed E-state index contributed by atoms with van der Waals surface area (Å²) in [6, 6.07) is 6.10. The molecule has 1 saturated heterocycles. The Hall–Kier alpha value is -2.54. The van der Waals surface area contributed by atoms with Crippen LogP contribution < -0.4 is 19.7 Å². The first-order valence-corrected chi connectivity index (χ1v) is 7.74. The summed E-state index contributed by atoms with van der Waals surface area (Å²) < 4.78 is 16.6. The first kappa shape index (κ1) is 13.0. The number of rotatable bonds is 1. The maximum atomic E-state index is 5.58. The van der Waals surface area contributed by atoms with Crippen LogP contribution in [0.1, 0.15) is 0 Å². The molecular formula is C16H16N4O3. The minimum atomic E-state index is 0.240. The zero-order valence-electron chi connectivity index (χ0n) is 12.5. The van der Waals surface area contributed by atoms with Gasteiger partial charge in [-0.1, -0.05) is 6.07 Å². The van der Waals surface area contributed by atoms with E-state index in [0.717, 1.165) is 54.9 Å². The molecule has 4 heterocycles. The highest BCUT2D eigenvalue weighted by Gasteiger charge is 2.31. The van der Waals surface area contributed by atoms with E-state index in [-0.39, 0.29) is 6.79 Å². The molecule has 23 heavy (non-hydrogen) atoms. The molecule has 1 N–H and O–H groups in total. The van der Waals surface area contributed by atoms with Gasteiger partial charge in [0.1, 0.15) is 0 Å². The molecular weight excluding hydrogens is 296 g/mol. The third-order valence-corrected chi connectivity index (χ3v) is 4.43. The third-order valence-electron chi connectivity index (χ3n) is 4.43. The molecule has 0 aliphatic carbocycles. The lowest BCUT2D eigenvalue weighted by Gasteiger charge is -2.41. The monoisotopic (exact) mass is 312 g/mol. The topological polar surface area (TPSA) is 68.7 Å².